The molecule has 1 aliphatic rings. The molecule has 1 unspecified atom stereocenters. The maximum Gasteiger partial charge on any atom is 0.254 e. The van der Waals surface area contributed by atoms with Gasteiger partial charge in [-0.25, -0.2) is 0 Å². The predicted octanol–water partition coefficient (Wildman–Crippen LogP) is 2.50. The van der Waals surface area contributed by atoms with Gasteiger partial charge in [0.2, 0.25) is 0 Å². The van der Waals surface area contributed by atoms with Gasteiger partial charge in [-0.05, 0) is 38.3 Å². The van der Waals surface area contributed by atoms with E-state index in [4.69, 9.17) is 10.5 Å². The first-order valence-electron chi connectivity index (χ1n) is 9.86. The Bertz CT molecular complexity index is 870. The maximum absolute atomic E-state index is 12.0. The minimum atomic E-state index is -0.547. The van der Waals surface area contributed by atoms with Crippen LogP contribution in [0.5, 0.6) is 0 Å². The molecular weight excluding hydrogens is 368 g/mol. The molecule has 0 radical (unpaired) electrons. The molecule has 154 valence electrons. The summed E-state index contributed by atoms with van der Waals surface area (Å²) in [6.45, 7) is 3.42. The molecule has 1 amide bonds. The number of nitrogens with two attached hydrogens (primary N) is 1. The fraction of sp³-hybridized carbons (Fsp3) is 0.476. The molecule has 2 aromatic rings. The Hall–Kier alpha value is -2.89. The molecule has 1 heterocycles. The van der Waals surface area contributed by atoms with E-state index in [1.165, 1.54) is 0 Å². The summed E-state index contributed by atoms with van der Waals surface area (Å²) in [5.41, 5.74) is 7.86. The van der Waals surface area contributed by atoms with Crippen LogP contribution in [-0.2, 0) is 4.74 Å². The molecule has 0 bridgehead atoms. The van der Waals surface area contributed by atoms with Gasteiger partial charge in [-0.15, -0.1) is 0 Å². The molecule has 1 saturated carbocycles. The molecule has 0 saturated heterocycles. The van der Waals surface area contributed by atoms with Crippen molar-refractivity contribution in [2.24, 2.45) is 11.7 Å². The van der Waals surface area contributed by atoms with Crippen LogP contribution in [0.3, 0.4) is 0 Å². The van der Waals surface area contributed by atoms with Gasteiger partial charge >= 0.3 is 0 Å². The highest BCUT2D eigenvalue weighted by atomic mass is 16.5. The summed E-state index contributed by atoms with van der Waals surface area (Å²) in [4.78, 5) is 12.0. The molecular formula is C21H28N6O2. The first kappa shape index (κ1) is 20.8. The quantitative estimate of drug-likeness (QED) is 0.590. The largest absolute Gasteiger partial charge is 0.383 e. The van der Waals surface area contributed by atoms with Crippen LogP contribution in [0.25, 0.3) is 0 Å². The zero-order chi connectivity index (χ0) is 20.8. The Kier molecular flexibility index (Phi) is 6.86. The van der Waals surface area contributed by atoms with E-state index in [9.17, 15) is 10.1 Å². The zero-order valence-electron chi connectivity index (χ0n) is 16.9. The van der Waals surface area contributed by atoms with Gasteiger partial charge in [0.05, 0.1) is 24.6 Å². The third-order valence-corrected chi connectivity index (χ3v) is 5.37. The summed E-state index contributed by atoms with van der Waals surface area (Å²) in [5, 5.41) is 20.9. The van der Waals surface area contributed by atoms with Crippen molar-refractivity contribution in [2.75, 3.05) is 25.6 Å². The number of primary amides is 1. The van der Waals surface area contributed by atoms with Crippen molar-refractivity contribution in [3.63, 3.8) is 0 Å². The lowest BCUT2D eigenvalue weighted by Crippen LogP contribution is -2.39. The minimum absolute atomic E-state index is 0.0906. The Morgan fingerprint density at radius 3 is 2.79 bits per heavy atom. The second-order valence-electron chi connectivity index (χ2n) is 7.49. The van der Waals surface area contributed by atoms with Crippen LogP contribution < -0.4 is 16.4 Å². The molecule has 3 rings (SSSR count). The average Bonchev–Trinajstić information content (AvgIpc) is 3.13. The molecule has 8 nitrogen and oxygen atoms in total. The lowest BCUT2D eigenvalue weighted by atomic mass is 9.82. The van der Waals surface area contributed by atoms with Crippen LogP contribution in [0.2, 0.25) is 0 Å². The van der Waals surface area contributed by atoms with Crippen molar-refractivity contribution < 1.29 is 9.53 Å². The molecule has 1 aliphatic carbocycles. The number of carbonyl (C=O) groups excluding carboxylic acids is 1. The molecule has 0 aliphatic heterocycles. The standard InChI is InChI=1S/C21H28N6O2/c1-14-3-5-16(6-4-14)25-21-18(20(23)28)13-27(26-21)19-8-7-17(11-15(19)12-22)24-9-10-29-2/h3-6,13,15,17,19,24H,7-11H2,1-2H3,(H2,23,28)(H,25,26)/t15?,17-,19-/m0/s1. The number of nitrogens with one attached hydrogen (secondary N) is 2. The summed E-state index contributed by atoms with van der Waals surface area (Å²) in [7, 11) is 1.67. The highest BCUT2D eigenvalue weighted by Crippen LogP contribution is 2.34. The Morgan fingerprint density at radius 2 is 2.14 bits per heavy atom. The Balaban J connectivity index is 1.77. The fourth-order valence-corrected chi connectivity index (χ4v) is 3.77. The number of hydrogen-bond acceptors (Lipinski definition) is 6. The summed E-state index contributed by atoms with van der Waals surface area (Å²) in [6.07, 6.45) is 4.12. The van der Waals surface area contributed by atoms with E-state index in [1.807, 2.05) is 31.2 Å². The summed E-state index contributed by atoms with van der Waals surface area (Å²) >= 11 is 0. The zero-order valence-corrected chi connectivity index (χ0v) is 16.9. The first-order chi connectivity index (χ1) is 14.0. The lowest BCUT2D eigenvalue weighted by Gasteiger charge is -2.33. The van der Waals surface area contributed by atoms with Crippen LogP contribution in [0.15, 0.2) is 30.5 Å². The predicted molar refractivity (Wildman–Crippen MR) is 111 cm³/mol. The van der Waals surface area contributed by atoms with Crippen LogP contribution in [-0.4, -0.2) is 42.0 Å². The van der Waals surface area contributed by atoms with Crippen molar-refractivity contribution in [1.82, 2.24) is 15.1 Å². The van der Waals surface area contributed by atoms with Crippen molar-refractivity contribution in [1.29, 1.82) is 5.26 Å². The molecule has 29 heavy (non-hydrogen) atoms. The summed E-state index contributed by atoms with van der Waals surface area (Å²) in [5.74, 6) is -0.329. The molecule has 4 N–H and O–H groups in total. The molecule has 8 heteroatoms. The van der Waals surface area contributed by atoms with Crippen LogP contribution >= 0.6 is 0 Å². The Morgan fingerprint density at radius 1 is 1.38 bits per heavy atom. The number of aryl methyl sites for hydroxylation is 1. The number of nitriles is 1. The number of anilines is 2. The molecule has 0 spiro atoms. The van der Waals surface area contributed by atoms with E-state index in [2.05, 4.69) is 21.8 Å². The van der Waals surface area contributed by atoms with Gasteiger partial charge in [-0.3, -0.25) is 9.48 Å². The van der Waals surface area contributed by atoms with Gasteiger partial charge in [0.15, 0.2) is 5.82 Å². The number of amides is 1. The Labute approximate surface area is 171 Å². The number of methoxy groups -OCH3 is 1. The number of nitrogens with zero attached hydrogens (tertiary/aromatic N) is 3. The number of ether oxygens (including phenoxy) is 1. The lowest BCUT2D eigenvalue weighted by molar-refractivity contribution is 0.100. The van der Waals surface area contributed by atoms with Crippen molar-refractivity contribution in [3.05, 3.63) is 41.6 Å². The normalized spacial score (nSPS) is 21.5. The van der Waals surface area contributed by atoms with Gasteiger partial charge in [0.25, 0.3) is 5.91 Å². The topological polar surface area (TPSA) is 118 Å². The van der Waals surface area contributed by atoms with Crippen LogP contribution in [0.1, 0.15) is 41.2 Å². The van der Waals surface area contributed by atoms with Gasteiger partial charge in [0.1, 0.15) is 5.56 Å². The van der Waals surface area contributed by atoms with E-state index in [1.54, 1.807) is 18.0 Å². The third kappa shape index (κ3) is 5.13. The summed E-state index contributed by atoms with van der Waals surface area (Å²) < 4.78 is 6.81. The molecule has 3 atom stereocenters. The number of benzene rings is 1. The first-order valence-corrected chi connectivity index (χ1v) is 9.86. The van der Waals surface area contributed by atoms with Gasteiger partial charge in [-0.2, -0.15) is 10.4 Å². The SMILES string of the molecule is COCCN[C@H]1CC[C@H](n2cc(C(N)=O)c(Nc3ccc(C)cc3)n2)C(C#N)C1. The van der Waals surface area contributed by atoms with E-state index in [-0.39, 0.29) is 18.0 Å². The number of hydrogen-bond donors (Lipinski definition) is 3. The van der Waals surface area contributed by atoms with Crippen molar-refractivity contribution >= 4 is 17.4 Å². The van der Waals surface area contributed by atoms with Crippen LogP contribution in [0, 0.1) is 24.2 Å². The molecule has 1 aromatic heterocycles. The monoisotopic (exact) mass is 396 g/mol. The highest BCUT2D eigenvalue weighted by Gasteiger charge is 2.33. The average molecular weight is 396 g/mol. The van der Waals surface area contributed by atoms with E-state index in [0.29, 0.717) is 18.0 Å². The fourth-order valence-electron chi connectivity index (χ4n) is 3.77. The summed E-state index contributed by atoms with van der Waals surface area (Å²) in [6, 6.07) is 10.4. The number of rotatable bonds is 8. The highest BCUT2D eigenvalue weighted by molar-refractivity contribution is 5.98. The van der Waals surface area contributed by atoms with E-state index < -0.39 is 5.91 Å². The maximum atomic E-state index is 12.0. The van der Waals surface area contributed by atoms with Gasteiger partial charge in [-0.1, -0.05) is 17.7 Å². The van der Waals surface area contributed by atoms with Gasteiger partial charge in [0, 0.05) is 31.6 Å². The molecule has 1 aromatic carbocycles. The third-order valence-electron chi connectivity index (χ3n) is 5.37. The van der Waals surface area contributed by atoms with E-state index >= 15 is 0 Å². The second-order valence-corrected chi connectivity index (χ2v) is 7.49. The van der Waals surface area contributed by atoms with Crippen molar-refractivity contribution in [2.45, 2.75) is 38.3 Å². The second kappa shape index (κ2) is 9.54. The minimum Gasteiger partial charge on any atom is -0.383 e. The smallest absolute Gasteiger partial charge is 0.254 e. The number of carbonyl (C=O) groups is 1. The van der Waals surface area contributed by atoms with Crippen LogP contribution in [0.4, 0.5) is 11.5 Å². The van der Waals surface area contributed by atoms with Crippen molar-refractivity contribution in [3.8, 4) is 6.07 Å². The van der Waals surface area contributed by atoms with E-state index in [0.717, 1.165) is 37.1 Å². The number of aromatic nitrogens is 2. The van der Waals surface area contributed by atoms with Gasteiger partial charge < -0.3 is 21.1 Å². The molecule has 1 fully saturated rings.